The fraction of sp³-hybridized carbons (Fsp3) is 0.286. The number of esters is 1. The van der Waals surface area contributed by atoms with Crippen molar-refractivity contribution in [2.24, 2.45) is 0 Å². The minimum Gasteiger partial charge on any atom is -0.501 e. The molecule has 1 rings (SSSR count). The van der Waals surface area contributed by atoms with Crippen LogP contribution < -0.4 is 0 Å². The van der Waals surface area contributed by atoms with Crippen LogP contribution in [0.4, 0.5) is 4.39 Å². The van der Waals surface area contributed by atoms with E-state index in [2.05, 4.69) is 4.74 Å². The molecule has 0 spiro atoms. The van der Waals surface area contributed by atoms with Gasteiger partial charge in [-0.1, -0.05) is 12.1 Å². The second kappa shape index (κ2) is 7.31. The van der Waals surface area contributed by atoms with Gasteiger partial charge in [0.1, 0.15) is 5.82 Å². The zero-order chi connectivity index (χ0) is 14.3. The molecule has 0 saturated heterocycles. The van der Waals surface area contributed by atoms with Crippen LogP contribution in [0.3, 0.4) is 0 Å². The summed E-state index contributed by atoms with van der Waals surface area (Å²) in [6.45, 7) is 3.80. The van der Waals surface area contributed by atoms with Crippen LogP contribution in [0.1, 0.15) is 19.4 Å². The smallest absolute Gasteiger partial charge is 0.379 e. The van der Waals surface area contributed by atoms with E-state index < -0.39 is 17.6 Å². The van der Waals surface area contributed by atoms with Crippen LogP contribution in [0.25, 0.3) is 5.57 Å². The Morgan fingerprint density at radius 3 is 2.32 bits per heavy atom. The second-order valence-corrected chi connectivity index (χ2v) is 3.54. The van der Waals surface area contributed by atoms with Crippen molar-refractivity contribution in [1.82, 2.24) is 0 Å². The zero-order valence-corrected chi connectivity index (χ0v) is 10.8. The maximum Gasteiger partial charge on any atom is 0.379 e. The number of rotatable bonds is 6. The van der Waals surface area contributed by atoms with Crippen LogP contribution in [-0.2, 0) is 19.1 Å². The molecule has 0 radical (unpaired) electrons. The Morgan fingerprint density at radius 1 is 1.16 bits per heavy atom. The normalized spacial score (nSPS) is 11.0. The van der Waals surface area contributed by atoms with Crippen molar-refractivity contribution in [1.29, 1.82) is 0 Å². The van der Waals surface area contributed by atoms with Gasteiger partial charge in [0, 0.05) is 0 Å². The summed E-state index contributed by atoms with van der Waals surface area (Å²) < 4.78 is 22.6. The van der Waals surface area contributed by atoms with Crippen molar-refractivity contribution in [3.05, 3.63) is 41.9 Å². The van der Waals surface area contributed by atoms with Crippen LogP contribution in [-0.4, -0.2) is 25.0 Å². The molecule has 0 N–H and O–H groups in total. The molecule has 0 atom stereocenters. The van der Waals surface area contributed by atoms with Crippen LogP contribution >= 0.6 is 0 Å². The number of halogens is 1. The molecular weight excluding hydrogens is 251 g/mol. The van der Waals surface area contributed by atoms with E-state index in [1.165, 1.54) is 30.5 Å². The van der Waals surface area contributed by atoms with Gasteiger partial charge in [-0.25, -0.2) is 9.18 Å². The lowest BCUT2D eigenvalue weighted by Gasteiger charge is -2.07. The van der Waals surface area contributed by atoms with E-state index in [1.807, 2.05) is 0 Å². The largest absolute Gasteiger partial charge is 0.501 e. The summed E-state index contributed by atoms with van der Waals surface area (Å²) in [6, 6.07) is 5.20. The molecule has 1 aromatic rings. The first-order valence-corrected chi connectivity index (χ1v) is 5.89. The third-order valence-electron chi connectivity index (χ3n) is 2.23. The van der Waals surface area contributed by atoms with E-state index in [1.54, 1.807) is 13.8 Å². The topological polar surface area (TPSA) is 52.6 Å². The summed E-state index contributed by atoms with van der Waals surface area (Å²) in [5.74, 6) is -2.21. The van der Waals surface area contributed by atoms with E-state index in [0.717, 1.165) is 0 Å². The summed E-state index contributed by atoms with van der Waals surface area (Å²) in [5, 5.41) is 0. The lowest BCUT2D eigenvalue weighted by Crippen LogP contribution is -2.19. The predicted octanol–water partition coefficient (Wildman–Crippen LogP) is 2.34. The van der Waals surface area contributed by atoms with Crippen molar-refractivity contribution < 1.29 is 23.5 Å². The molecule has 0 fully saturated rings. The summed E-state index contributed by atoms with van der Waals surface area (Å²) in [7, 11) is 0. The van der Waals surface area contributed by atoms with Gasteiger partial charge in [-0.15, -0.1) is 0 Å². The molecule has 1 aromatic carbocycles. The zero-order valence-electron chi connectivity index (χ0n) is 10.8. The van der Waals surface area contributed by atoms with E-state index in [9.17, 15) is 14.0 Å². The van der Waals surface area contributed by atoms with Crippen molar-refractivity contribution in [3.63, 3.8) is 0 Å². The minimum absolute atomic E-state index is 0.0419. The highest BCUT2D eigenvalue weighted by Gasteiger charge is 2.22. The molecule has 0 aliphatic heterocycles. The maximum absolute atomic E-state index is 12.9. The minimum atomic E-state index is -0.960. The van der Waals surface area contributed by atoms with Crippen molar-refractivity contribution in [3.8, 4) is 0 Å². The standard InChI is InChI=1S/C14H15FO4/c1-3-18-9-12(13(16)14(17)19-4-2)10-5-7-11(15)8-6-10/h5-9H,3-4H2,1-2H3. The lowest BCUT2D eigenvalue weighted by molar-refractivity contribution is -0.150. The molecule has 19 heavy (non-hydrogen) atoms. The van der Waals surface area contributed by atoms with Gasteiger partial charge < -0.3 is 9.47 Å². The van der Waals surface area contributed by atoms with Crippen molar-refractivity contribution in [2.75, 3.05) is 13.2 Å². The summed E-state index contributed by atoms with van der Waals surface area (Å²) in [5.41, 5.74) is 0.438. The van der Waals surface area contributed by atoms with Crippen LogP contribution in [0.5, 0.6) is 0 Å². The highest BCUT2D eigenvalue weighted by molar-refractivity contribution is 6.51. The van der Waals surface area contributed by atoms with Gasteiger partial charge in [0.2, 0.25) is 0 Å². The number of hydrogen-bond donors (Lipinski definition) is 0. The van der Waals surface area contributed by atoms with Gasteiger partial charge in [-0.05, 0) is 31.5 Å². The number of Topliss-reactive ketones (excluding diaryl/α,β-unsaturated/α-hetero) is 1. The van der Waals surface area contributed by atoms with Crippen molar-refractivity contribution >= 4 is 17.3 Å². The van der Waals surface area contributed by atoms with Crippen LogP contribution in [0.15, 0.2) is 30.5 Å². The summed E-state index contributed by atoms with van der Waals surface area (Å²) in [4.78, 5) is 23.4. The highest BCUT2D eigenvalue weighted by Crippen LogP contribution is 2.17. The highest BCUT2D eigenvalue weighted by atomic mass is 19.1. The molecule has 102 valence electrons. The third-order valence-corrected chi connectivity index (χ3v) is 2.23. The molecule has 0 bridgehead atoms. The molecule has 0 saturated carbocycles. The van der Waals surface area contributed by atoms with Gasteiger partial charge in [0.15, 0.2) is 0 Å². The fourth-order valence-electron chi connectivity index (χ4n) is 1.36. The van der Waals surface area contributed by atoms with Crippen LogP contribution in [0.2, 0.25) is 0 Å². The number of benzene rings is 1. The Morgan fingerprint density at radius 2 is 1.79 bits per heavy atom. The molecular formula is C14H15FO4. The van der Waals surface area contributed by atoms with Gasteiger partial charge >= 0.3 is 5.97 Å². The number of hydrogen-bond acceptors (Lipinski definition) is 4. The average molecular weight is 266 g/mol. The summed E-state index contributed by atoms with van der Waals surface area (Å²) in [6.07, 6.45) is 1.19. The predicted molar refractivity (Wildman–Crippen MR) is 67.6 cm³/mol. The first-order chi connectivity index (χ1) is 9.10. The molecule has 0 aliphatic rings. The Balaban J connectivity index is 3.05. The first-order valence-electron chi connectivity index (χ1n) is 5.89. The number of carbonyl (C=O) groups is 2. The van der Waals surface area contributed by atoms with Crippen LogP contribution in [0, 0.1) is 5.82 Å². The van der Waals surface area contributed by atoms with Gasteiger partial charge in [-0.2, -0.15) is 0 Å². The second-order valence-electron chi connectivity index (χ2n) is 3.54. The lowest BCUT2D eigenvalue weighted by atomic mass is 10.0. The molecule has 0 aliphatic carbocycles. The van der Waals surface area contributed by atoms with E-state index >= 15 is 0 Å². The number of ether oxygens (including phenoxy) is 2. The van der Waals surface area contributed by atoms with Gasteiger partial charge in [0.25, 0.3) is 5.78 Å². The molecule has 0 unspecified atom stereocenters. The van der Waals surface area contributed by atoms with Gasteiger partial charge in [0.05, 0.1) is 25.0 Å². The molecule has 4 nitrogen and oxygen atoms in total. The number of carbonyl (C=O) groups excluding carboxylic acids is 2. The Labute approximate surface area is 110 Å². The molecule has 0 heterocycles. The van der Waals surface area contributed by atoms with Gasteiger partial charge in [-0.3, -0.25) is 4.79 Å². The van der Waals surface area contributed by atoms with E-state index in [-0.39, 0.29) is 12.2 Å². The maximum atomic E-state index is 12.9. The number of ketones is 1. The van der Waals surface area contributed by atoms with E-state index in [0.29, 0.717) is 12.2 Å². The average Bonchev–Trinajstić information content (AvgIpc) is 2.41. The third kappa shape index (κ3) is 4.21. The van der Waals surface area contributed by atoms with Crippen molar-refractivity contribution in [2.45, 2.75) is 13.8 Å². The molecule has 0 aromatic heterocycles. The summed E-state index contributed by atoms with van der Waals surface area (Å²) >= 11 is 0. The molecule has 0 amide bonds. The van der Waals surface area contributed by atoms with E-state index in [4.69, 9.17) is 4.74 Å². The Hall–Kier alpha value is -2.17. The SMILES string of the molecule is CCOC=C(C(=O)C(=O)OCC)c1ccc(F)cc1. The Bertz CT molecular complexity index is 477. The fourth-order valence-corrected chi connectivity index (χ4v) is 1.36. The Kier molecular flexibility index (Phi) is 5.73. The quantitative estimate of drug-likeness (QED) is 0.343. The molecule has 5 heteroatoms. The monoisotopic (exact) mass is 266 g/mol. The first kappa shape index (κ1) is 14.9.